The van der Waals surface area contributed by atoms with Crippen LogP contribution in [0.15, 0.2) is 30.3 Å². The topological polar surface area (TPSA) is 149 Å². The van der Waals surface area contributed by atoms with Gasteiger partial charge in [0.1, 0.15) is 12.1 Å². The van der Waals surface area contributed by atoms with E-state index in [1.165, 1.54) is 4.90 Å². The van der Waals surface area contributed by atoms with Crippen molar-refractivity contribution >= 4 is 27.8 Å². The van der Waals surface area contributed by atoms with Crippen LogP contribution in [0.2, 0.25) is 0 Å². The molecule has 2 aliphatic rings. The highest BCUT2D eigenvalue weighted by Gasteiger charge is 2.38. The minimum Gasteiger partial charge on any atom is -0.370 e. The van der Waals surface area contributed by atoms with E-state index in [4.69, 9.17) is 11.1 Å². The standard InChI is InChI=1S/C22H34N6O4S/c1-33(31,32)26-18(14-16-6-3-2-4-7-16)21(30)28-11-5-8-19(28)20(29)25-15-17-9-12-27(13-10-17)22(23)24/h2-4,6-7,17-19,26H,5,8-15H2,1H3,(H3,23,24)(H,25,29). The first kappa shape index (κ1) is 25.0. The van der Waals surface area contributed by atoms with Crippen molar-refractivity contribution in [2.24, 2.45) is 11.7 Å². The fourth-order valence-electron chi connectivity index (χ4n) is 4.53. The van der Waals surface area contributed by atoms with Gasteiger partial charge in [-0.05, 0) is 43.6 Å². The van der Waals surface area contributed by atoms with Crippen LogP contribution in [0.5, 0.6) is 0 Å². The van der Waals surface area contributed by atoms with Gasteiger partial charge < -0.3 is 20.9 Å². The predicted molar refractivity (Wildman–Crippen MR) is 126 cm³/mol. The molecule has 2 aliphatic heterocycles. The van der Waals surface area contributed by atoms with Gasteiger partial charge in [0.15, 0.2) is 5.96 Å². The Morgan fingerprint density at radius 1 is 1.15 bits per heavy atom. The van der Waals surface area contributed by atoms with Crippen LogP contribution in [0, 0.1) is 11.3 Å². The van der Waals surface area contributed by atoms with Gasteiger partial charge >= 0.3 is 0 Å². The molecule has 2 heterocycles. The Kier molecular flexibility index (Phi) is 8.30. The Labute approximate surface area is 195 Å². The molecule has 0 radical (unpaired) electrons. The van der Waals surface area contributed by atoms with Crippen molar-refractivity contribution in [2.45, 2.75) is 44.2 Å². The number of hydrogen-bond acceptors (Lipinski definition) is 5. The highest BCUT2D eigenvalue weighted by atomic mass is 32.2. The lowest BCUT2D eigenvalue weighted by Gasteiger charge is -2.33. The lowest BCUT2D eigenvalue weighted by Crippen LogP contribution is -2.54. The van der Waals surface area contributed by atoms with Crippen LogP contribution in [-0.4, -0.2) is 80.5 Å². The van der Waals surface area contributed by atoms with E-state index in [-0.39, 0.29) is 24.2 Å². The Morgan fingerprint density at radius 2 is 1.82 bits per heavy atom. The summed E-state index contributed by atoms with van der Waals surface area (Å²) in [7, 11) is -3.62. The molecule has 2 fully saturated rings. The van der Waals surface area contributed by atoms with Gasteiger partial charge in [0, 0.05) is 26.2 Å². The number of amides is 2. The average molecular weight is 479 g/mol. The number of guanidine groups is 1. The summed E-state index contributed by atoms with van der Waals surface area (Å²) in [6.45, 7) is 2.33. The van der Waals surface area contributed by atoms with Gasteiger partial charge in [-0.3, -0.25) is 15.0 Å². The van der Waals surface area contributed by atoms with E-state index in [1.54, 1.807) is 0 Å². The monoisotopic (exact) mass is 478 g/mol. The quantitative estimate of drug-likeness (QED) is 0.302. The molecule has 11 heteroatoms. The number of rotatable bonds is 8. The lowest BCUT2D eigenvalue weighted by atomic mass is 9.97. The second-order valence-electron chi connectivity index (χ2n) is 8.88. The second-order valence-corrected chi connectivity index (χ2v) is 10.7. The highest BCUT2D eigenvalue weighted by molar-refractivity contribution is 7.88. The number of hydrogen-bond donors (Lipinski definition) is 4. The van der Waals surface area contributed by atoms with Gasteiger partial charge in [-0.15, -0.1) is 0 Å². The average Bonchev–Trinajstić information content (AvgIpc) is 3.26. The third-order valence-electron chi connectivity index (χ3n) is 6.30. The van der Waals surface area contributed by atoms with Crippen LogP contribution in [0.1, 0.15) is 31.2 Å². The zero-order chi connectivity index (χ0) is 24.0. The first-order valence-corrected chi connectivity index (χ1v) is 13.2. The van der Waals surface area contributed by atoms with Crippen molar-refractivity contribution in [3.8, 4) is 0 Å². The first-order valence-electron chi connectivity index (χ1n) is 11.3. The Hall–Kier alpha value is -2.66. The molecule has 2 saturated heterocycles. The maximum Gasteiger partial charge on any atom is 0.242 e. The van der Waals surface area contributed by atoms with Gasteiger partial charge in [-0.2, -0.15) is 0 Å². The minimum absolute atomic E-state index is 0.0744. The number of carbonyl (C=O) groups is 2. The fourth-order valence-corrected chi connectivity index (χ4v) is 5.23. The number of nitrogens with one attached hydrogen (secondary N) is 3. The molecular weight excluding hydrogens is 444 g/mol. The second kappa shape index (κ2) is 11.0. The minimum atomic E-state index is -3.62. The van der Waals surface area contributed by atoms with Gasteiger partial charge in [0.2, 0.25) is 21.8 Å². The van der Waals surface area contributed by atoms with Gasteiger partial charge in [0.05, 0.1) is 6.26 Å². The molecular formula is C22H34N6O4S. The summed E-state index contributed by atoms with van der Waals surface area (Å²) in [4.78, 5) is 29.6. The van der Waals surface area contributed by atoms with Crippen molar-refractivity contribution < 1.29 is 18.0 Å². The van der Waals surface area contributed by atoms with Crippen LogP contribution in [0.3, 0.4) is 0 Å². The summed E-state index contributed by atoms with van der Waals surface area (Å²) in [5.74, 6) is -0.206. The number of nitrogens with two attached hydrogens (primary N) is 1. The van der Waals surface area contributed by atoms with Crippen LogP contribution in [0.4, 0.5) is 0 Å². The number of sulfonamides is 1. The molecule has 1 aromatic carbocycles. The van der Waals surface area contributed by atoms with Gasteiger partial charge in [-0.25, -0.2) is 13.1 Å². The molecule has 5 N–H and O–H groups in total. The molecule has 182 valence electrons. The van der Waals surface area contributed by atoms with Crippen LogP contribution in [0.25, 0.3) is 0 Å². The normalized spacial score (nSPS) is 20.5. The summed E-state index contributed by atoms with van der Waals surface area (Å²) < 4.78 is 26.3. The van der Waals surface area contributed by atoms with Crippen LogP contribution >= 0.6 is 0 Å². The summed E-state index contributed by atoms with van der Waals surface area (Å²) in [5, 5.41) is 10.5. The Balaban J connectivity index is 1.61. The molecule has 10 nitrogen and oxygen atoms in total. The SMILES string of the molecule is CS(=O)(=O)NC(Cc1ccccc1)C(=O)N1CCCC1C(=O)NCC1CCN(C(=N)N)CC1. The third-order valence-corrected chi connectivity index (χ3v) is 7.01. The molecule has 0 spiro atoms. The zero-order valence-electron chi connectivity index (χ0n) is 19.0. The number of likely N-dealkylation sites (tertiary alicyclic amines) is 2. The largest absolute Gasteiger partial charge is 0.370 e. The molecule has 33 heavy (non-hydrogen) atoms. The maximum absolute atomic E-state index is 13.3. The number of benzene rings is 1. The molecule has 2 atom stereocenters. The van der Waals surface area contributed by atoms with E-state index >= 15 is 0 Å². The van der Waals surface area contributed by atoms with E-state index in [0.717, 1.165) is 24.7 Å². The maximum atomic E-state index is 13.3. The third kappa shape index (κ3) is 7.16. The molecule has 0 aliphatic carbocycles. The molecule has 3 rings (SSSR count). The number of carbonyl (C=O) groups excluding carboxylic acids is 2. The molecule has 1 aromatic rings. The Bertz CT molecular complexity index is 947. The van der Waals surface area contributed by atoms with E-state index in [1.807, 2.05) is 35.2 Å². The highest BCUT2D eigenvalue weighted by Crippen LogP contribution is 2.21. The lowest BCUT2D eigenvalue weighted by molar-refractivity contribution is -0.139. The van der Waals surface area contributed by atoms with E-state index in [0.29, 0.717) is 44.9 Å². The van der Waals surface area contributed by atoms with Crippen molar-refractivity contribution in [3.63, 3.8) is 0 Å². The van der Waals surface area contributed by atoms with Crippen molar-refractivity contribution in [2.75, 3.05) is 32.4 Å². The molecule has 2 amide bonds. The van der Waals surface area contributed by atoms with Gasteiger partial charge in [0.25, 0.3) is 0 Å². The van der Waals surface area contributed by atoms with Crippen LogP contribution in [-0.2, 0) is 26.0 Å². The first-order chi connectivity index (χ1) is 15.6. The van der Waals surface area contributed by atoms with Gasteiger partial charge in [-0.1, -0.05) is 30.3 Å². The number of nitrogens with zero attached hydrogens (tertiary/aromatic N) is 2. The van der Waals surface area contributed by atoms with E-state index in [2.05, 4.69) is 10.0 Å². The Morgan fingerprint density at radius 3 is 2.42 bits per heavy atom. The summed E-state index contributed by atoms with van der Waals surface area (Å²) in [6, 6.07) is 7.65. The van der Waals surface area contributed by atoms with Crippen molar-refractivity contribution in [3.05, 3.63) is 35.9 Å². The zero-order valence-corrected chi connectivity index (χ0v) is 19.8. The van der Waals surface area contributed by atoms with Crippen LogP contribution < -0.4 is 15.8 Å². The molecule has 0 aromatic heterocycles. The predicted octanol–water partition coefficient (Wildman–Crippen LogP) is -0.140. The van der Waals surface area contributed by atoms with E-state index in [9.17, 15) is 18.0 Å². The summed E-state index contributed by atoms with van der Waals surface area (Å²) in [5.41, 5.74) is 6.37. The smallest absolute Gasteiger partial charge is 0.242 e. The van der Waals surface area contributed by atoms with E-state index < -0.39 is 22.1 Å². The molecule has 0 saturated carbocycles. The fraction of sp³-hybridized carbons (Fsp3) is 0.591. The molecule has 0 bridgehead atoms. The summed E-state index contributed by atoms with van der Waals surface area (Å²) >= 11 is 0. The summed E-state index contributed by atoms with van der Waals surface area (Å²) in [6.07, 6.45) is 4.17. The van der Waals surface area contributed by atoms with Crippen molar-refractivity contribution in [1.82, 2.24) is 19.8 Å². The van der Waals surface area contributed by atoms with Crippen molar-refractivity contribution in [1.29, 1.82) is 5.41 Å². The number of piperidine rings is 1. The molecule has 2 unspecified atom stereocenters.